The van der Waals surface area contributed by atoms with E-state index in [1.54, 1.807) is 17.1 Å². The van der Waals surface area contributed by atoms with E-state index < -0.39 is 0 Å². The molecule has 1 aromatic heterocycles. The number of rotatable bonds is 4. The Morgan fingerprint density at radius 3 is 2.22 bits per heavy atom. The molecule has 124 valence electrons. The van der Waals surface area contributed by atoms with Gasteiger partial charge in [-0.05, 0) is 22.5 Å². The van der Waals surface area contributed by atoms with Crippen LogP contribution in [-0.4, -0.2) is 15.7 Å². The van der Waals surface area contributed by atoms with Crippen LogP contribution in [0.2, 0.25) is 0 Å². The fourth-order valence-electron chi connectivity index (χ4n) is 2.59. The van der Waals surface area contributed by atoms with Crippen LogP contribution < -0.4 is 5.32 Å². The third-order valence-electron chi connectivity index (χ3n) is 4.06. The zero-order chi connectivity index (χ0) is 17.2. The molecule has 1 atom stereocenters. The van der Waals surface area contributed by atoms with Crippen molar-refractivity contribution >= 4 is 5.91 Å². The van der Waals surface area contributed by atoms with Crippen LogP contribution in [0.25, 0.3) is 0 Å². The van der Waals surface area contributed by atoms with Crippen LogP contribution in [0.3, 0.4) is 0 Å². The number of nitrogens with one attached hydrogen (secondary N) is 1. The average molecular weight is 313 g/mol. The number of hydrogen-bond acceptors (Lipinski definition) is 2. The summed E-state index contributed by atoms with van der Waals surface area (Å²) in [6.07, 6.45) is 3.32. The van der Waals surface area contributed by atoms with Crippen molar-refractivity contribution in [2.75, 3.05) is 0 Å². The summed E-state index contributed by atoms with van der Waals surface area (Å²) >= 11 is 0. The largest absolute Gasteiger partial charge is 0.345 e. The highest BCUT2D eigenvalue weighted by atomic mass is 16.1. The highest BCUT2D eigenvalue weighted by Gasteiger charge is 2.21. The van der Waals surface area contributed by atoms with E-state index >= 15 is 0 Å². The lowest BCUT2D eigenvalue weighted by Gasteiger charge is -2.24. The lowest BCUT2D eigenvalue weighted by Crippen LogP contribution is -2.31. The molecule has 23 heavy (non-hydrogen) atoms. The topological polar surface area (TPSA) is 46.9 Å². The molecule has 4 nitrogen and oxygen atoms in total. The number of carbonyl (C=O) groups excluding carboxylic acids is 1. The molecule has 2 aromatic rings. The zero-order valence-corrected chi connectivity index (χ0v) is 14.9. The maximum atomic E-state index is 12.4. The van der Waals surface area contributed by atoms with Gasteiger partial charge in [-0.3, -0.25) is 9.48 Å². The number of nitrogens with zero attached hydrogens (tertiary/aromatic N) is 2. The summed E-state index contributed by atoms with van der Waals surface area (Å²) in [5.74, 6) is 0.216. The fraction of sp³-hybridized carbons (Fsp3) is 0.474. The molecular weight excluding hydrogens is 286 g/mol. The number of aryl methyl sites for hydroxylation is 1. The van der Waals surface area contributed by atoms with Gasteiger partial charge in [0, 0.05) is 13.2 Å². The molecule has 0 saturated heterocycles. The van der Waals surface area contributed by atoms with E-state index in [0.717, 1.165) is 5.56 Å². The second kappa shape index (κ2) is 6.57. The van der Waals surface area contributed by atoms with Gasteiger partial charge in [0.15, 0.2) is 0 Å². The summed E-state index contributed by atoms with van der Waals surface area (Å²) in [4.78, 5) is 12.4. The van der Waals surface area contributed by atoms with Crippen molar-refractivity contribution in [1.29, 1.82) is 0 Å². The van der Waals surface area contributed by atoms with Crippen LogP contribution in [-0.2, 0) is 12.5 Å². The maximum Gasteiger partial charge on any atom is 0.254 e. The molecule has 0 aliphatic heterocycles. The molecule has 2 rings (SSSR count). The summed E-state index contributed by atoms with van der Waals surface area (Å²) in [7, 11) is 1.81. The Labute approximate surface area is 138 Å². The van der Waals surface area contributed by atoms with Crippen LogP contribution in [0.4, 0.5) is 0 Å². The number of carbonyl (C=O) groups is 1. The first-order chi connectivity index (χ1) is 10.7. The van der Waals surface area contributed by atoms with Gasteiger partial charge in [0.25, 0.3) is 5.91 Å². The van der Waals surface area contributed by atoms with Crippen LogP contribution >= 0.6 is 0 Å². The van der Waals surface area contributed by atoms with Crippen molar-refractivity contribution in [3.05, 3.63) is 53.3 Å². The molecule has 0 radical (unpaired) electrons. The molecule has 0 spiro atoms. The summed E-state index contributed by atoms with van der Waals surface area (Å²) in [6.45, 7) is 10.8. The van der Waals surface area contributed by atoms with Crippen LogP contribution in [0.15, 0.2) is 36.7 Å². The van der Waals surface area contributed by atoms with Gasteiger partial charge in [-0.15, -0.1) is 0 Å². The standard InChI is InChI=1S/C19H27N3O/c1-13(2)17(21-18(23)15-11-20-22(6)12-15)14-7-9-16(10-8-14)19(3,4)5/h7-13,17H,1-6H3,(H,21,23). The maximum absolute atomic E-state index is 12.4. The predicted molar refractivity (Wildman–Crippen MR) is 93.4 cm³/mol. The zero-order valence-electron chi connectivity index (χ0n) is 14.9. The Kier molecular flexibility index (Phi) is 4.93. The number of aromatic nitrogens is 2. The first-order valence-corrected chi connectivity index (χ1v) is 8.08. The van der Waals surface area contributed by atoms with E-state index in [9.17, 15) is 4.79 Å². The van der Waals surface area contributed by atoms with Crippen LogP contribution in [0.1, 0.15) is 62.1 Å². The van der Waals surface area contributed by atoms with Gasteiger partial charge in [-0.25, -0.2) is 0 Å². The average Bonchev–Trinajstić information content (AvgIpc) is 2.90. The summed E-state index contributed by atoms with van der Waals surface area (Å²) < 4.78 is 1.64. The molecule has 0 bridgehead atoms. The molecule has 1 unspecified atom stereocenters. The normalized spacial score (nSPS) is 13.2. The molecule has 0 aliphatic rings. The lowest BCUT2D eigenvalue weighted by atomic mass is 9.85. The molecular formula is C19H27N3O. The Balaban J connectivity index is 2.20. The SMILES string of the molecule is CC(C)C(NC(=O)c1cnn(C)c1)c1ccc(C(C)(C)C)cc1. The number of benzene rings is 1. The van der Waals surface area contributed by atoms with Crippen molar-refractivity contribution < 1.29 is 4.79 Å². The van der Waals surface area contributed by atoms with Crippen molar-refractivity contribution in [3.63, 3.8) is 0 Å². The number of hydrogen-bond donors (Lipinski definition) is 1. The minimum absolute atomic E-state index is 0.0169. The quantitative estimate of drug-likeness (QED) is 0.932. The van der Waals surface area contributed by atoms with Gasteiger partial charge >= 0.3 is 0 Å². The molecule has 1 heterocycles. The van der Waals surface area contributed by atoms with E-state index in [1.165, 1.54) is 5.56 Å². The van der Waals surface area contributed by atoms with Gasteiger partial charge in [-0.2, -0.15) is 5.10 Å². The monoisotopic (exact) mass is 313 g/mol. The minimum Gasteiger partial charge on any atom is -0.345 e. The van der Waals surface area contributed by atoms with Crippen molar-refractivity contribution in [1.82, 2.24) is 15.1 Å². The second-order valence-electron chi connectivity index (χ2n) is 7.47. The third-order valence-corrected chi connectivity index (χ3v) is 4.06. The van der Waals surface area contributed by atoms with Crippen molar-refractivity contribution in [2.45, 2.75) is 46.1 Å². The molecule has 4 heteroatoms. The molecule has 0 saturated carbocycles. The van der Waals surface area contributed by atoms with Gasteiger partial charge < -0.3 is 5.32 Å². The van der Waals surface area contributed by atoms with E-state index in [1.807, 2.05) is 7.05 Å². The smallest absolute Gasteiger partial charge is 0.254 e. The summed E-state index contributed by atoms with van der Waals surface area (Å²) in [5, 5.41) is 7.19. The van der Waals surface area contributed by atoms with Crippen molar-refractivity contribution in [2.24, 2.45) is 13.0 Å². The first-order valence-electron chi connectivity index (χ1n) is 8.08. The van der Waals surface area contributed by atoms with Gasteiger partial charge in [0.2, 0.25) is 0 Å². The van der Waals surface area contributed by atoms with E-state index in [2.05, 4.69) is 69.3 Å². The minimum atomic E-state index is -0.0864. The fourth-order valence-corrected chi connectivity index (χ4v) is 2.59. The Bertz CT molecular complexity index is 663. The Morgan fingerprint density at radius 1 is 1.17 bits per heavy atom. The van der Waals surface area contributed by atoms with Crippen molar-refractivity contribution in [3.8, 4) is 0 Å². The van der Waals surface area contributed by atoms with E-state index in [0.29, 0.717) is 11.5 Å². The van der Waals surface area contributed by atoms with Crippen LogP contribution in [0, 0.1) is 5.92 Å². The molecule has 1 amide bonds. The molecule has 1 N–H and O–H groups in total. The first kappa shape index (κ1) is 17.3. The summed E-state index contributed by atoms with van der Waals surface area (Å²) in [6, 6.07) is 8.53. The van der Waals surface area contributed by atoms with Crippen LogP contribution in [0.5, 0.6) is 0 Å². The van der Waals surface area contributed by atoms with E-state index in [4.69, 9.17) is 0 Å². The molecule has 1 aromatic carbocycles. The second-order valence-corrected chi connectivity index (χ2v) is 7.47. The Hall–Kier alpha value is -2.10. The van der Waals surface area contributed by atoms with Gasteiger partial charge in [0.05, 0.1) is 17.8 Å². The highest BCUT2D eigenvalue weighted by molar-refractivity contribution is 5.93. The molecule has 0 aliphatic carbocycles. The number of amides is 1. The molecule has 0 fully saturated rings. The third kappa shape index (κ3) is 4.21. The highest BCUT2D eigenvalue weighted by Crippen LogP contribution is 2.27. The van der Waals surface area contributed by atoms with Gasteiger partial charge in [-0.1, -0.05) is 58.9 Å². The summed E-state index contributed by atoms with van der Waals surface area (Å²) in [5.41, 5.74) is 3.14. The lowest BCUT2D eigenvalue weighted by molar-refractivity contribution is 0.0925. The van der Waals surface area contributed by atoms with Gasteiger partial charge in [0.1, 0.15) is 0 Å². The Morgan fingerprint density at radius 2 is 1.78 bits per heavy atom. The van der Waals surface area contributed by atoms with E-state index in [-0.39, 0.29) is 17.4 Å². The predicted octanol–water partition coefficient (Wildman–Crippen LogP) is 3.84.